The van der Waals surface area contributed by atoms with Crippen LogP contribution in [0.2, 0.25) is 5.02 Å². The van der Waals surface area contributed by atoms with Gasteiger partial charge >= 0.3 is 0 Å². The van der Waals surface area contributed by atoms with Gasteiger partial charge in [-0.2, -0.15) is 0 Å². The summed E-state index contributed by atoms with van der Waals surface area (Å²) in [6.07, 6.45) is 1.74. The highest BCUT2D eigenvalue weighted by atomic mass is 35.5. The molecule has 0 saturated carbocycles. The fourth-order valence-electron chi connectivity index (χ4n) is 4.02. The molecule has 28 heavy (non-hydrogen) atoms. The first-order chi connectivity index (χ1) is 13.6. The van der Waals surface area contributed by atoms with Gasteiger partial charge in [-0.1, -0.05) is 42.4 Å². The molecule has 7 heteroatoms. The summed E-state index contributed by atoms with van der Waals surface area (Å²) in [5, 5.41) is 9.79. The van der Waals surface area contributed by atoms with Crippen LogP contribution in [0, 0.1) is 5.92 Å². The Kier molecular flexibility index (Phi) is 6.43. The third-order valence-electron chi connectivity index (χ3n) is 5.38. The molecule has 1 unspecified atom stereocenters. The average molecular weight is 419 g/mol. The van der Waals surface area contributed by atoms with Gasteiger partial charge in [-0.3, -0.25) is 4.90 Å². The van der Waals surface area contributed by atoms with Gasteiger partial charge in [0.25, 0.3) is 0 Å². The Balaban J connectivity index is 1.46. The van der Waals surface area contributed by atoms with Crippen LogP contribution in [0.3, 0.4) is 0 Å². The summed E-state index contributed by atoms with van der Waals surface area (Å²) in [7, 11) is 0. The predicted molar refractivity (Wildman–Crippen MR) is 116 cm³/mol. The highest BCUT2D eigenvalue weighted by Gasteiger charge is 2.27. The Morgan fingerprint density at radius 1 is 1.11 bits per heavy atom. The summed E-state index contributed by atoms with van der Waals surface area (Å²) < 4.78 is 0. The van der Waals surface area contributed by atoms with Crippen LogP contribution in [0.5, 0.6) is 0 Å². The lowest BCUT2D eigenvalue weighted by Crippen LogP contribution is -2.48. The molecule has 1 aromatic carbocycles. The number of aliphatic hydroxyl groups is 1. The van der Waals surface area contributed by atoms with E-state index in [2.05, 4.69) is 50.9 Å². The first-order valence-electron chi connectivity index (χ1n) is 9.89. The van der Waals surface area contributed by atoms with E-state index in [0.717, 1.165) is 56.5 Å². The number of hydrogen-bond acceptors (Lipinski definition) is 6. The number of anilines is 2. The fourth-order valence-corrected chi connectivity index (χ4v) is 5.35. The third-order valence-corrected chi connectivity index (χ3v) is 6.67. The van der Waals surface area contributed by atoms with Gasteiger partial charge < -0.3 is 14.9 Å². The minimum Gasteiger partial charge on any atom is -0.395 e. The molecule has 1 fully saturated rings. The van der Waals surface area contributed by atoms with Crippen molar-refractivity contribution in [3.8, 4) is 0 Å². The van der Waals surface area contributed by atoms with Crippen molar-refractivity contribution in [3.63, 3.8) is 0 Å². The highest BCUT2D eigenvalue weighted by Crippen LogP contribution is 2.47. The highest BCUT2D eigenvalue weighted by molar-refractivity contribution is 7.99. The molecule has 0 bridgehead atoms. The maximum absolute atomic E-state index is 9.11. The third kappa shape index (κ3) is 4.47. The molecule has 2 aromatic rings. The molecule has 1 aromatic heterocycles. The van der Waals surface area contributed by atoms with Crippen LogP contribution in [0.15, 0.2) is 46.3 Å². The van der Waals surface area contributed by atoms with E-state index in [-0.39, 0.29) is 6.61 Å². The molecule has 3 heterocycles. The molecule has 5 nitrogen and oxygen atoms in total. The molecular weight excluding hydrogens is 392 g/mol. The minimum absolute atomic E-state index is 0.249. The van der Waals surface area contributed by atoms with Gasteiger partial charge in [0, 0.05) is 56.9 Å². The molecule has 2 aliphatic heterocycles. The molecule has 0 spiro atoms. The number of nitrogens with zero attached hydrogens (tertiary/aromatic N) is 4. The number of rotatable bonds is 6. The van der Waals surface area contributed by atoms with Crippen molar-refractivity contribution in [2.45, 2.75) is 16.7 Å². The molecule has 150 valence electrons. The fraction of sp³-hybridized carbons (Fsp3) is 0.476. The van der Waals surface area contributed by atoms with Crippen LogP contribution in [0.1, 0.15) is 6.92 Å². The molecule has 0 aliphatic carbocycles. The van der Waals surface area contributed by atoms with Gasteiger partial charge in [0.05, 0.1) is 22.2 Å². The van der Waals surface area contributed by atoms with Crippen LogP contribution in [0.4, 0.5) is 11.5 Å². The van der Waals surface area contributed by atoms with Crippen molar-refractivity contribution in [2.24, 2.45) is 5.92 Å². The summed E-state index contributed by atoms with van der Waals surface area (Å²) in [5.41, 5.74) is 1.23. The molecule has 1 atom stereocenters. The van der Waals surface area contributed by atoms with E-state index in [1.807, 2.05) is 6.07 Å². The number of piperazine rings is 1. The monoisotopic (exact) mass is 418 g/mol. The smallest absolute Gasteiger partial charge is 0.147 e. The van der Waals surface area contributed by atoms with E-state index in [9.17, 15) is 0 Å². The average Bonchev–Trinajstić information content (AvgIpc) is 2.69. The predicted octanol–water partition coefficient (Wildman–Crippen LogP) is 3.58. The molecule has 0 amide bonds. The normalized spacial score (nSPS) is 18.6. The second-order valence-electron chi connectivity index (χ2n) is 7.63. The van der Waals surface area contributed by atoms with Crippen LogP contribution in [-0.4, -0.2) is 72.3 Å². The number of fused-ring (bicyclic) bond motifs is 2. The van der Waals surface area contributed by atoms with Gasteiger partial charge in [0.1, 0.15) is 5.82 Å². The first kappa shape index (κ1) is 20.0. The number of hydrogen-bond donors (Lipinski definition) is 1. The van der Waals surface area contributed by atoms with Gasteiger partial charge in [-0.15, -0.1) is 0 Å². The van der Waals surface area contributed by atoms with Crippen molar-refractivity contribution >= 4 is 34.9 Å². The standard InChI is InChI=1S/C21H27ClN4OS/c1-16(14-25-8-6-24(7-9-25)10-11-27)15-26-18-4-2-3-5-19(18)28-20-12-17(22)13-23-21(20)26/h2-5,12-13,16,27H,6-11,14-15H2,1H3. The zero-order chi connectivity index (χ0) is 19.5. The quantitative estimate of drug-likeness (QED) is 0.773. The Morgan fingerprint density at radius 3 is 2.64 bits per heavy atom. The molecular formula is C21H27ClN4OS. The number of β-amino-alcohol motifs (C(OH)–C–C–N with tert-alkyl or cyclic N) is 1. The lowest BCUT2D eigenvalue weighted by Gasteiger charge is -2.38. The van der Waals surface area contributed by atoms with Crippen molar-refractivity contribution in [3.05, 3.63) is 41.6 Å². The second-order valence-corrected chi connectivity index (χ2v) is 9.15. The largest absolute Gasteiger partial charge is 0.395 e. The maximum atomic E-state index is 9.11. The number of aromatic nitrogens is 1. The SMILES string of the molecule is CC(CN1CCN(CCO)CC1)CN1c2ccccc2Sc2cc(Cl)cnc21. The topological polar surface area (TPSA) is 42.8 Å². The van der Waals surface area contributed by atoms with Crippen LogP contribution in [-0.2, 0) is 0 Å². The van der Waals surface area contributed by atoms with E-state index in [1.54, 1.807) is 18.0 Å². The molecule has 2 aliphatic rings. The summed E-state index contributed by atoms with van der Waals surface area (Å²) in [5.74, 6) is 1.51. The van der Waals surface area contributed by atoms with Crippen molar-refractivity contribution in [1.29, 1.82) is 0 Å². The Morgan fingerprint density at radius 2 is 1.86 bits per heavy atom. The van der Waals surface area contributed by atoms with Crippen molar-refractivity contribution < 1.29 is 5.11 Å². The lowest BCUT2D eigenvalue weighted by atomic mass is 10.1. The van der Waals surface area contributed by atoms with Crippen molar-refractivity contribution in [2.75, 3.05) is 57.3 Å². The second kappa shape index (κ2) is 9.01. The van der Waals surface area contributed by atoms with Gasteiger partial charge in [0.15, 0.2) is 0 Å². The van der Waals surface area contributed by atoms with Crippen LogP contribution < -0.4 is 4.90 Å². The lowest BCUT2D eigenvalue weighted by molar-refractivity contribution is 0.104. The van der Waals surface area contributed by atoms with Gasteiger partial charge in [-0.25, -0.2) is 4.98 Å². The molecule has 0 radical (unpaired) electrons. The Labute approximate surface area is 176 Å². The number of pyridine rings is 1. The van der Waals surface area contributed by atoms with Crippen LogP contribution in [0.25, 0.3) is 0 Å². The number of aliphatic hydroxyl groups excluding tert-OH is 1. The maximum Gasteiger partial charge on any atom is 0.147 e. The molecule has 1 saturated heterocycles. The summed E-state index contributed by atoms with van der Waals surface area (Å²) >= 11 is 7.94. The van der Waals surface area contributed by atoms with Gasteiger partial charge in [0.2, 0.25) is 0 Å². The molecule has 4 rings (SSSR count). The van der Waals surface area contributed by atoms with Crippen molar-refractivity contribution in [1.82, 2.24) is 14.8 Å². The van der Waals surface area contributed by atoms with E-state index in [0.29, 0.717) is 10.9 Å². The number of benzene rings is 1. The van der Waals surface area contributed by atoms with E-state index >= 15 is 0 Å². The van der Waals surface area contributed by atoms with E-state index < -0.39 is 0 Å². The molecule has 1 N–H and O–H groups in total. The summed E-state index contributed by atoms with van der Waals surface area (Å²) in [4.78, 5) is 14.3. The van der Waals surface area contributed by atoms with Crippen LogP contribution >= 0.6 is 23.4 Å². The zero-order valence-electron chi connectivity index (χ0n) is 16.2. The van der Waals surface area contributed by atoms with Gasteiger partial charge in [-0.05, 0) is 24.1 Å². The number of halogens is 1. The van der Waals surface area contributed by atoms with E-state index in [1.165, 1.54) is 10.6 Å². The number of para-hydroxylation sites is 1. The first-order valence-corrected chi connectivity index (χ1v) is 11.1. The van der Waals surface area contributed by atoms with E-state index in [4.69, 9.17) is 16.7 Å². The summed E-state index contributed by atoms with van der Waals surface area (Å²) in [6.45, 7) is 9.58. The summed E-state index contributed by atoms with van der Waals surface area (Å²) in [6, 6.07) is 10.5. The Hall–Kier alpha value is -1.31. The Bertz CT molecular complexity index is 813. The zero-order valence-corrected chi connectivity index (χ0v) is 17.8. The minimum atomic E-state index is 0.249.